The summed E-state index contributed by atoms with van der Waals surface area (Å²) < 4.78 is 25.9. The lowest BCUT2D eigenvalue weighted by molar-refractivity contribution is -0.127. The molecular formula is C13H17NO3S. The van der Waals surface area contributed by atoms with E-state index in [0.717, 1.165) is 9.87 Å². The van der Waals surface area contributed by atoms with Crippen LogP contribution in [-0.4, -0.2) is 24.7 Å². The van der Waals surface area contributed by atoms with Crippen LogP contribution in [0.1, 0.15) is 25.8 Å². The Labute approximate surface area is 108 Å². The molecular weight excluding hydrogens is 250 g/mol. The third kappa shape index (κ3) is 2.03. The molecule has 0 aliphatic carbocycles. The van der Waals surface area contributed by atoms with Crippen LogP contribution in [0.25, 0.3) is 0 Å². The molecule has 0 radical (unpaired) electrons. The molecule has 0 unspecified atom stereocenters. The van der Waals surface area contributed by atoms with Gasteiger partial charge in [-0.2, -0.15) is 0 Å². The molecule has 0 spiro atoms. The monoisotopic (exact) mass is 267 g/mol. The highest BCUT2D eigenvalue weighted by atomic mass is 32.2. The minimum atomic E-state index is -3.70. The Kier molecular flexibility index (Phi) is 3.19. The van der Waals surface area contributed by atoms with E-state index in [-0.39, 0.29) is 22.8 Å². The fourth-order valence-electron chi connectivity index (χ4n) is 2.32. The van der Waals surface area contributed by atoms with E-state index in [2.05, 4.69) is 0 Å². The molecule has 1 aliphatic rings. The molecule has 18 heavy (non-hydrogen) atoms. The maximum absolute atomic E-state index is 12.4. The van der Waals surface area contributed by atoms with Gasteiger partial charge in [0.25, 0.3) is 10.0 Å². The van der Waals surface area contributed by atoms with Gasteiger partial charge in [0.1, 0.15) is 0 Å². The summed E-state index contributed by atoms with van der Waals surface area (Å²) in [7, 11) is -3.70. The summed E-state index contributed by atoms with van der Waals surface area (Å²) in [6, 6.07) is 6.31. The molecule has 1 aliphatic heterocycles. The van der Waals surface area contributed by atoms with Crippen LogP contribution in [0.2, 0.25) is 0 Å². The predicted octanol–water partition coefficient (Wildman–Crippen LogP) is 1.94. The number of hydrogen-bond acceptors (Lipinski definition) is 3. The first-order chi connectivity index (χ1) is 8.34. The van der Waals surface area contributed by atoms with E-state index in [9.17, 15) is 13.2 Å². The van der Waals surface area contributed by atoms with Gasteiger partial charge in [0.2, 0.25) is 5.91 Å². The third-order valence-corrected chi connectivity index (χ3v) is 5.24. The molecule has 1 amide bonds. The van der Waals surface area contributed by atoms with Crippen LogP contribution >= 0.6 is 0 Å². The van der Waals surface area contributed by atoms with Gasteiger partial charge in [-0.25, -0.2) is 12.7 Å². The van der Waals surface area contributed by atoms with Crippen molar-refractivity contribution in [2.45, 2.75) is 38.1 Å². The lowest BCUT2D eigenvalue weighted by atomic mass is 10.1. The fraction of sp³-hybridized carbons (Fsp3) is 0.462. The fourth-order valence-corrected chi connectivity index (χ4v) is 4.01. The minimum absolute atomic E-state index is 0.183. The maximum Gasteiger partial charge on any atom is 0.266 e. The second kappa shape index (κ2) is 4.39. The molecule has 0 bridgehead atoms. The lowest BCUT2D eigenvalue weighted by Crippen LogP contribution is -2.37. The SMILES string of the molecule is Cc1ccc(S(=O)(=O)N2C(=O)[C@@H](C)C[C@@H]2C)cc1. The van der Waals surface area contributed by atoms with Crippen molar-refractivity contribution in [2.24, 2.45) is 5.92 Å². The van der Waals surface area contributed by atoms with Crippen LogP contribution in [0.4, 0.5) is 0 Å². The zero-order valence-electron chi connectivity index (χ0n) is 10.8. The number of aryl methyl sites for hydroxylation is 1. The summed E-state index contributed by atoms with van der Waals surface area (Å²) in [5, 5.41) is 0. The smallest absolute Gasteiger partial charge is 0.266 e. The molecule has 4 nitrogen and oxygen atoms in total. The maximum atomic E-state index is 12.4. The quantitative estimate of drug-likeness (QED) is 0.823. The Hall–Kier alpha value is -1.36. The Balaban J connectivity index is 2.43. The van der Waals surface area contributed by atoms with E-state index >= 15 is 0 Å². The van der Waals surface area contributed by atoms with Gasteiger partial charge in [0.15, 0.2) is 0 Å². The highest BCUT2D eigenvalue weighted by Gasteiger charge is 2.42. The summed E-state index contributed by atoms with van der Waals surface area (Å²) in [6.07, 6.45) is 0.587. The zero-order chi connectivity index (χ0) is 13.5. The number of carbonyl (C=O) groups excluding carboxylic acids is 1. The largest absolute Gasteiger partial charge is 0.273 e. The van der Waals surface area contributed by atoms with Gasteiger partial charge in [-0.05, 0) is 32.4 Å². The van der Waals surface area contributed by atoms with E-state index < -0.39 is 10.0 Å². The number of rotatable bonds is 2. The van der Waals surface area contributed by atoms with E-state index in [4.69, 9.17) is 0 Å². The number of nitrogens with zero attached hydrogens (tertiary/aromatic N) is 1. The van der Waals surface area contributed by atoms with E-state index in [1.165, 1.54) is 0 Å². The van der Waals surface area contributed by atoms with E-state index in [1.54, 1.807) is 38.1 Å². The average molecular weight is 267 g/mol. The number of benzene rings is 1. The summed E-state index contributed by atoms with van der Waals surface area (Å²) >= 11 is 0. The van der Waals surface area contributed by atoms with Crippen LogP contribution in [-0.2, 0) is 14.8 Å². The standard InChI is InChI=1S/C13H17NO3S/c1-9-4-6-12(7-5-9)18(16,17)14-11(3)8-10(2)13(14)15/h4-7,10-11H,8H2,1-3H3/t10-,11-/m0/s1. The molecule has 2 rings (SSSR count). The summed E-state index contributed by atoms with van der Waals surface area (Å²) in [4.78, 5) is 12.1. The molecule has 1 aromatic rings. The first-order valence-electron chi connectivity index (χ1n) is 5.99. The minimum Gasteiger partial charge on any atom is -0.273 e. The summed E-state index contributed by atoms with van der Waals surface area (Å²) in [5.74, 6) is -0.525. The number of amides is 1. The molecule has 0 aromatic heterocycles. The topological polar surface area (TPSA) is 54.5 Å². The average Bonchev–Trinajstić information content (AvgIpc) is 2.54. The van der Waals surface area contributed by atoms with Crippen molar-refractivity contribution in [1.82, 2.24) is 4.31 Å². The van der Waals surface area contributed by atoms with Crippen LogP contribution in [0.3, 0.4) is 0 Å². The van der Waals surface area contributed by atoms with Gasteiger partial charge < -0.3 is 0 Å². The molecule has 0 N–H and O–H groups in total. The van der Waals surface area contributed by atoms with Gasteiger partial charge in [-0.1, -0.05) is 24.6 Å². The Morgan fingerprint density at radius 2 is 1.72 bits per heavy atom. The van der Waals surface area contributed by atoms with Gasteiger partial charge in [0.05, 0.1) is 4.90 Å². The van der Waals surface area contributed by atoms with Gasteiger partial charge in [-0.3, -0.25) is 4.79 Å². The predicted molar refractivity (Wildman–Crippen MR) is 68.5 cm³/mol. The van der Waals surface area contributed by atoms with Crippen molar-refractivity contribution in [3.8, 4) is 0 Å². The molecule has 0 saturated carbocycles. The Bertz CT molecular complexity index is 562. The molecule has 1 aromatic carbocycles. The van der Waals surface area contributed by atoms with Crippen molar-refractivity contribution in [3.63, 3.8) is 0 Å². The third-order valence-electron chi connectivity index (χ3n) is 3.31. The van der Waals surface area contributed by atoms with Crippen LogP contribution in [0.15, 0.2) is 29.2 Å². The molecule has 2 atom stereocenters. The summed E-state index contributed by atoms with van der Waals surface area (Å²) in [6.45, 7) is 5.43. The first kappa shape index (κ1) is 13.1. The molecule has 1 fully saturated rings. The van der Waals surface area contributed by atoms with E-state index in [0.29, 0.717) is 6.42 Å². The number of carbonyl (C=O) groups is 1. The van der Waals surface area contributed by atoms with Crippen LogP contribution < -0.4 is 0 Å². The normalized spacial score (nSPS) is 24.6. The molecule has 98 valence electrons. The Morgan fingerprint density at radius 3 is 2.17 bits per heavy atom. The second-order valence-electron chi connectivity index (χ2n) is 4.94. The van der Waals surface area contributed by atoms with Gasteiger partial charge in [0, 0.05) is 12.0 Å². The molecule has 1 saturated heterocycles. The first-order valence-corrected chi connectivity index (χ1v) is 7.43. The van der Waals surface area contributed by atoms with Crippen molar-refractivity contribution in [1.29, 1.82) is 0 Å². The lowest BCUT2D eigenvalue weighted by Gasteiger charge is -2.21. The van der Waals surface area contributed by atoms with Crippen molar-refractivity contribution >= 4 is 15.9 Å². The molecule has 5 heteroatoms. The van der Waals surface area contributed by atoms with Crippen molar-refractivity contribution < 1.29 is 13.2 Å². The van der Waals surface area contributed by atoms with Crippen LogP contribution in [0, 0.1) is 12.8 Å². The summed E-state index contributed by atoms with van der Waals surface area (Å²) in [5.41, 5.74) is 0.989. The number of hydrogen-bond donors (Lipinski definition) is 0. The Morgan fingerprint density at radius 1 is 1.17 bits per heavy atom. The van der Waals surface area contributed by atoms with Crippen LogP contribution in [0.5, 0.6) is 0 Å². The second-order valence-corrected chi connectivity index (χ2v) is 6.75. The van der Waals surface area contributed by atoms with Crippen molar-refractivity contribution in [2.75, 3.05) is 0 Å². The molecule has 1 heterocycles. The van der Waals surface area contributed by atoms with Gasteiger partial charge >= 0.3 is 0 Å². The highest BCUT2D eigenvalue weighted by Crippen LogP contribution is 2.30. The van der Waals surface area contributed by atoms with E-state index in [1.807, 2.05) is 6.92 Å². The zero-order valence-corrected chi connectivity index (χ0v) is 11.6. The van der Waals surface area contributed by atoms with Gasteiger partial charge in [-0.15, -0.1) is 0 Å². The van der Waals surface area contributed by atoms with Crippen molar-refractivity contribution in [3.05, 3.63) is 29.8 Å². The highest BCUT2D eigenvalue weighted by molar-refractivity contribution is 7.89. The number of sulfonamides is 1.